The summed E-state index contributed by atoms with van der Waals surface area (Å²) in [5.41, 5.74) is 2.97. The second-order valence-electron chi connectivity index (χ2n) is 11.4. The predicted molar refractivity (Wildman–Crippen MR) is 138 cm³/mol. The summed E-state index contributed by atoms with van der Waals surface area (Å²) in [6.07, 6.45) is -0.657. The van der Waals surface area contributed by atoms with E-state index in [4.69, 9.17) is 4.74 Å². The topological polar surface area (TPSA) is 122 Å². The number of tetrazole rings is 1. The van der Waals surface area contributed by atoms with Crippen LogP contribution >= 0.6 is 0 Å². The van der Waals surface area contributed by atoms with Crippen LogP contribution in [0.5, 0.6) is 5.75 Å². The summed E-state index contributed by atoms with van der Waals surface area (Å²) in [5, 5.41) is 26.0. The number of rotatable bonds is 6. The highest BCUT2D eigenvalue weighted by molar-refractivity contribution is 6.04. The van der Waals surface area contributed by atoms with Gasteiger partial charge in [-0.3, -0.25) is 9.69 Å². The summed E-state index contributed by atoms with van der Waals surface area (Å²) >= 11 is 0. The monoisotopic (exact) mass is 506 g/mol. The van der Waals surface area contributed by atoms with Crippen LogP contribution in [-0.2, 0) is 33.5 Å². The predicted octanol–water partition coefficient (Wildman–Crippen LogP) is 3.66. The van der Waals surface area contributed by atoms with Gasteiger partial charge in [0.2, 0.25) is 0 Å². The summed E-state index contributed by atoms with van der Waals surface area (Å²) in [4.78, 5) is 27.4. The lowest BCUT2D eigenvalue weighted by molar-refractivity contribution is -0.124. The van der Waals surface area contributed by atoms with Gasteiger partial charge in [-0.15, -0.1) is 5.10 Å². The SMILES string of the molecule is CC(C)(C)c1cc(Cn2nnc(N3C[C@H](NC(=O)OCc4ccccc4)C3=O)n2)cc(C(C)(C)C)c1O. The Morgan fingerprint density at radius 2 is 1.68 bits per heavy atom. The molecule has 3 aromatic rings. The molecular weight excluding hydrogens is 472 g/mol. The largest absolute Gasteiger partial charge is 0.507 e. The molecule has 37 heavy (non-hydrogen) atoms. The van der Waals surface area contributed by atoms with Gasteiger partial charge >= 0.3 is 6.09 Å². The van der Waals surface area contributed by atoms with Gasteiger partial charge in [0.1, 0.15) is 18.4 Å². The maximum atomic E-state index is 12.6. The third-order valence-corrected chi connectivity index (χ3v) is 6.23. The summed E-state index contributed by atoms with van der Waals surface area (Å²) in [6, 6.07) is 12.5. The number of phenolic OH excluding ortho intramolecular Hbond substituents is 1. The molecular formula is C27H34N6O4. The Hall–Kier alpha value is -3.95. The van der Waals surface area contributed by atoms with Crippen molar-refractivity contribution in [3.05, 3.63) is 64.7 Å². The van der Waals surface area contributed by atoms with E-state index in [2.05, 4.69) is 62.3 Å². The van der Waals surface area contributed by atoms with E-state index < -0.39 is 12.1 Å². The van der Waals surface area contributed by atoms with E-state index in [0.717, 1.165) is 22.3 Å². The van der Waals surface area contributed by atoms with Crippen LogP contribution in [0.4, 0.5) is 10.7 Å². The highest BCUT2D eigenvalue weighted by atomic mass is 16.5. The molecule has 0 saturated carbocycles. The molecule has 196 valence electrons. The zero-order valence-corrected chi connectivity index (χ0v) is 22.1. The van der Waals surface area contributed by atoms with Crippen LogP contribution in [-0.4, -0.2) is 49.9 Å². The Morgan fingerprint density at radius 1 is 1.05 bits per heavy atom. The van der Waals surface area contributed by atoms with Gasteiger partial charge in [0.05, 0.1) is 13.1 Å². The fourth-order valence-electron chi connectivity index (χ4n) is 4.12. The number of carbonyl (C=O) groups is 2. The van der Waals surface area contributed by atoms with E-state index in [0.29, 0.717) is 12.3 Å². The molecule has 1 saturated heterocycles. The molecule has 0 aliphatic carbocycles. The lowest BCUT2D eigenvalue weighted by Gasteiger charge is -2.35. The average Bonchev–Trinajstić information content (AvgIpc) is 3.27. The first kappa shape index (κ1) is 26.1. The van der Waals surface area contributed by atoms with Crippen molar-refractivity contribution in [3.8, 4) is 5.75 Å². The van der Waals surface area contributed by atoms with Crippen molar-refractivity contribution in [2.45, 2.75) is 71.6 Å². The van der Waals surface area contributed by atoms with Gasteiger partial charge in [0, 0.05) is 0 Å². The quantitative estimate of drug-likeness (QED) is 0.489. The molecule has 0 radical (unpaired) electrons. The molecule has 1 aliphatic rings. The first-order valence-corrected chi connectivity index (χ1v) is 12.3. The Kier molecular flexibility index (Phi) is 6.94. The third-order valence-electron chi connectivity index (χ3n) is 6.23. The molecule has 1 aromatic heterocycles. The second kappa shape index (κ2) is 9.84. The number of benzene rings is 2. The summed E-state index contributed by atoms with van der Waals surface area (Å²) < 4.78 is 5.18. The van der Waals surface area contributed by atoms with Gasteiger partial charge in [-0.2, -0.15) is 4.80 Å². The number of carbonyl (C=O) groups excluding carboxylic acids is 2. The van der Waals surface area contributed by atoms with Crippen molar-refractivity contribution in [1.29, 1.82) is 0 Å². The van der Waals surface area contributed by atoms with Crippen molar-refractivity contribution >= 4 is 17.9 Å². The van der Waals surface area contributed by atoms with Gasteiger partial charge in [-0.05, 0) is 50.4 Å². The maximum absolute atomic E-state index is 12.6. The number of β-lactam (4-membered cyclic amide) rings is 1. The molecule has 2 amide bonds. The maximum Gasteiger partial charge on any atom is 0.408 e. The molecule has 0 unspecified atom stereocenters. The summed E-state index contributed by atoms with van der Waals surface area (Å²) in [6.45, 7) is 13.0. The van der Waals surface area contributed by atoms with E-state index in [9.17, 15) is 14.7 Å². The zero-order valence-electron chi connectivity index (χ0n) is 22.1. The standard InChI is InChI=1S/C27H34N6O4/c1-26(2,3)19-12-18(13-20(22(19)34)27(4,5)6)14-33-30-24(29-31-33)32-15-21(23(32)35)28-25(36)37-16-17-10-8-7-9-11-17/h7-13,21,34H,14-16H2,1-6H3,(H,28,36)/t21-/m0/s1. The molecule has 4 rings (SSSR count). The lowest BCUT2D eigenvalue weighted by atomic mass is 9.78. The van der Waals surface area contributed by atoms with Crippen LogP contribution in [0, 0.1) is 0 Å². The average molecular weight is 507 g/mol. The van der Waals surface area contributed by atoms with Crippen LogP contribution in [0.3, 0.4) is 0 Å². The molecule has 0 spiro atoms. The smallest absolute Gasteiger partial charge is 0.408 e. The molecule has 0 bridgehead atoms. The van der Waals surface area contributed by atoms with Crippen LogP contribution in [0.15, 0.2) is 42.5 Å². The Bertz CT molecular complexity index is 1260. The minimum atomic E-state index is -0.698. The van der Waals surface area contributed by atoms with Gasteiger partial charge in [-0.25, -0.2) is 4.79 Å². The number of phenols is 1. The molecule has 2 N–H and O–H groups in total. The summed E-state index contributed by atoms with van der Waals surface area (Å²) in [7, 11) is 0. The fraction of sp³-hybridized carbons (Fsp3) is 0.444. The minimum Gasteiger partial charge on any atom is -0.507 e. The van der Waals surface area contributed by atoms with Crippen molar-refractivity contribution < 1.29 is 19.4 Å². The third kappa shape index (κ3) is 5.90. The highest BCUT2D eigenvalue weighted by Crippen LogP contribution is 2.39. The van der Waals surface area contributed by atoms with E-state index in [-0.39, 0.29) is 35.8 Å². The van der Waals surface area contributed by atoms with Crippen molar-refractivity contribution in [2.75, 3.05) is 11.4 Å². The van der Waals surface area contributed by atoms with Crippen molar-refractivity contribution in [1.82, 2.24) is 25.5 Å². The summed E-state index contributed by atoms with van der Waals surface area (Å²) in [5.74, 6) is 0.153. The van der Waals surface area contributed by atoms with Crippen LogP contribution in [0.2, 0.25) is 0 Å². The van der Waals surface area contributed by atoms with Gasteiger partial charge < -0.3 is 15.2 Å². The molecule has 2 aromatic carbocycles. The first-order chi connectivity index (χ1) is 17.3. The number of anilines is 1. The lowest BCUT2D eigenvalue weighted by Crippen LogP contribution is -2.64. The molecule has 2 heterocycles. The second-order valence-corrected chi connectivity index (χ2v) is 11.4. The number of nitrogens with one attached hydrogen (secondary N) is 1. The normalized spacial score (nSPS) is 15.9. The molecule has 10 heteroatoms. The fourth-order valence-corrected chi connectivity index (χ4v) is 4.12. The number of ether oxygens (including phenoxy) is 1. The van der Waals surface area contributed by atoms with Gasteiger partial charge in [0.25, 0.3) is 11.9 Å². The number of amides is 2. The van der Waals surface area contributed by atoms with E-state index in [1.165, 1.54) is 9.70 Å². The Labute approximate surface area is 216 Å². The van der Waals surface area contributed by atoms with Crippen molar-refractivity contribution in [2.24, 2.45) is 0 Å². The minimum absolute atomic E-state index is 0.123. The number of aromatic nitrogens is 4. The Balaban J connectivity index is 1.39. The molecule has 1 aliphatic heterocycles. The van der Waals surface area contributed by atoms with Crippen LogP contribution in [0.25, 0.3) is 0 Å². The number of nitrogens with zero attached hydrogens (tertiary/aromatic N) is 5. The number of alkyl carbamates (subject to hydrolysis) is 1. The Morgan fingerprint density at radius 3 is 2.24 bits per heavy atom. The number of hydrogen-bond acceptors (Lipinski definition) is 7. The first-order valence-electron chi connectivity index (χ1n) is 12.3. The molecule has 1 atom stereocenters. The van der Waals surface area contributed by atoms with E-state index >= 15 is 0 Å². The van der Waals surface area contributed by atoms with Crippen molar-refractivity contribution in [3.63, 3.8) is 0 Å². The highest BCUT2D eigenvalue weighted by Gasteiger charge is 2.41. The molecule has 1 fully saturated rings. The van der Waals surface area contributed by atoms with Crippen LogP contribution in [0.1, 0.15) is 63.8 Å². The number of hydrogen-bond donors (Lipinski definition) is 2. The van der Waals surface area contributed by atoms with E-state index in [1.54, 1.807) is 0 Å². The number of aromatic hydroxyl groups is 1. The van der Waals surface area contributed by atoms with Crippen LogP contribution < -0.4 is 10.2 Å². The molecule has 10 nitrogen and oxygen atoms in total. The van der Waals surface area contributed by atoms with E-state index in [1.807, 2.05) is 42.5 Å². The van der Waals surface area contributed by atoms with Gasteiger partial charge in [-0.1, -0.05) is 77.0 Å². The van der Waals surface area contributed by atoms with Gasteiger partial charge in [0.15, 0.2) is 0 Å². The zero-order chi connectivity index (χ0) is 27.0.